The van der Waals surface area contributed by atoms with Crippen LogP contribution in [0.1, 0.15) is 6.92 Å². The zero-order chi connectivity index (χ0) is 19.6. The summed E-state index contributed by atoms with van der Waals surface area (Å²) in [6, 6.07) is 10.5. The summed E-state index contributed by atoms with van der Waals surface area (Å²) in [5.74, 6) is -0.738. The largest absolute Gasteiger partial charge is 0.367 e. The van der Waals surface area contributed by atoms with Gasteiger partial charge in [0.1, 0.15) is 5.82 Å². The Kier molecular flexibility index (Phi) is 5.69. The maximum atomic E-state index is 14.4. The SMILES string of the molecule is CC(=O)Nc1ccc(N2CCN(S(=O)(=O)c3ccc(Cl)cc3)CC2)c(F)c1. The third-order valence-electron chi connectivity index (χ3n) is 4.30. The van der Waals surface area contributed by atoms with E-state index in [4.69, 9.17) is 11.6 Å². The number of hydrogen-bond donors (Lipinski definition) is 1. The highest BCUT2D eigenvalue weighted by Gasteiger charge is 2.29. The number of hydrogen-bond acceptors (Lipinski definition) is 4. The summed E-state index contributed by atoms with van der Waals surface area (Å²) in [5, 5.41) is 3.00. The van der Waals surface area contributed by atoms with Gasteiger partial charge in [0.15, 0.2) is 0 Å². The second kappa shape index (κ2) is 7.84. The minimum absolute atomic E-state index is 0.186. The highest BCUT2D eigenvalue weighted by molar-refractivity contribution is 7.89. The lowest BCUT2D eigenvalue weighted by atomic mass is 10.2. The van der Waals surface area contributed by atoms with E-state index in [1.807, 2.05) is 0 Å². The molecule has 1 N–H and O–H groups in total. The second-order valence-electron chi connectivity index (χ2n) is 6.19. The van der Waals surface area contributed by atoms with Gasteiger partial charge >= 0.3 is 0 Å². The lowest BCUT2D eigenvalue weighted by molar-refractivity contribution is -0.114. The fourth-order valence-corrected chi connectivity index (χ4v) is 4.52. The molecule has 6 nitrogen and oxygen atoms in total. The highest BCUT2D eigenvalue weighted by Crippen LogP contribution is 2.26. The average Bonchev–Trinajstić information content (AvgIpc) is 2.62. The molecule has 0 saturated carbocycles. The summed E-state index contributed by atoms with van der Waals surface area (Å²) in [5.41, 5.74) is 0.764. The molecule has 0 aliphatic carbocycles. The molecule has 3 rings (SSSR count). The average molecular weight is 412 g/mol. The molecule has 1 fully saturated rings. The fourth-order valence-electron chi connectivity index (χ4n) is 2.97. The summed E-state index contributed by atoms with van der Waals surface area (Å²) in [4.78, 5) is 13.0. The second-order valence-corrected chi connectivity index (χ2v) is 8.57. The molecule has 1 saturated heterocycles. The molecule has 9 heteroatoms. The van der Waals surface area contributed by atoms with Crippen molar-refractivity contribution in [3.63, 3.8) is 0 Å². The number of carbonyl (C=O) groups is 1. The normalized spacial score (nSPS) is 15.6. The molecule has 0 bridgehead atoms. The van der Waals surface area contributed by atoms with E-state index >= 15 is 0 Å². The van der Waals surface area contributed by atoms with E-state index in [2.05, 4.69) is 5.32 Å². The van der Waals surface area contributed by atoms with Crippen molar-refractivity contribution in [3.05, 3.63) is 53.3 Å². The van der Waals surface area contributed by atoms with Gasteiger partial charge in [0.25, 0.3) is 0 Å². The van der Waals surface area contributed by atoms with Gasteiger partial charge in [-0.2, -0.15) is 4.31 Å². The van der Waals surface area contributed by atoms with Gasteiger partial charge in [-0.15, -0.1) is 0 Å². The standard InChI is InChI=1S/C18H19ClFN3O3S/c1-13(24)21-15-4-7-18(17(20)12-15)22-8-10-23(11-9-22)27(25,26)16-5-2-14(19)3-6-16/h2-7,12H,8-11H2,1H3,(H,21,24). The first-order chi connectivity index (χ1) is 12.8. The van der Waals surface area contributed by atoms with Gasteiger partial charge in [0, 0.05) is 43.8 Å². The Morgan fingerprint density at radius 1 is 1.07 bits per heavy atom. The monoisotopic (exact) mass is 411 g/mol. The molecule has 1 amide bonds. The van der Waals surface area contributed by atoms with Crippen molar-refractivity contribution in [2.45, 2.75) is 11.8 Å². The van der Waals surface area contributed by atoms with Gasteiger partial charge in [-0.3, -0.25) is 4.79 Å². The molecule has 0 radical (unpaired) electrons. The summed E-state index contributed by atoms with van der Waals surface area (Å²) in [7, 11) is -3.61. The van der Waals surface area contributed by atoms with Gasteiger partial charge < -0.3 is 10.2 Å². The van der Waals surface area contributed by atoms with Crippen molar-refractivity contribution in [1.29, 1.82) is 0 Å². The molecule has 2 aromatic carbocycles. The summed E-state index contributed by atoms with van der Waals surface area (Å²) in [6.45, 7) is 2.58. The zero-order valence-electron chi connectivity index (χ0n) is 14.7. The van der Waals surface area contributed by atoms with Crippen LogP contribution in [-0.4, -0.2) is 44.8 Å². The van der Waals surface area contributed by atoms with E-state index in [-0.39, 0.29) is 23.9 Å². The number of rotatable bonds is 4. The molecular weight excluding hydrogens is 393 g/mol. The number of nitrogens with one attached hydrogen (secondary N) is 1. The predicted octanol–water partition coefficient (Wildman–Crippen LogP) is 2.95. The topological polar surface area (TPSA) is 69.7 Å². The highest BCUT2D eigenvalue weighted by atomic mass is 35.5. The van der Waals surface area contributed by atoms with Crippen LogP contribution < -0.4 is 10.2 Å². The van der Waals surface area contributed by atoms with Crippen molar-refractivity contribution >= 4 is 38.9 Å². The fraction of sp³-hybridized carbons (Fsp3) is 0.278. The predicted molar refractivity (Wildman–Crippen MR) is 103 cm³/mol. The molecule has 1 aliphatic heterocycles. The van der Waals surface area contributed by atoms with Crippen molar-refractivity contribution in [2.24, 2.45) is 0 Å². The van der Waals surface area contributed by atoms with Gasteiger partial charge in [0.05, 0.1) is 10.6 Å². The van der Waals surface area contributed by atoms with Crippen LogP contribution in [0.2, 0.25) is 5.02 Å². The molecule has 0 spiro atoms. The summed E-state index contributed by atoms with van der Waals surface area (Å²) >= 11 is 5.81. The molecule has 2 aromatic rings. The molecule has 0 aromatic heterocycles. The Bertz CT molecular complexity index is 943. The van der Waals surface area contributed by atoms with E-state index in [1.54, 1.807) is 17.0 Å². The van der Waals surface area contributed by atoms with Gasteiger partial charge in [0.2, 0.25) is 15.9 Å². The maximum Gasteiger partial charge on any atom is 0.243 e. The van der Waals surface area contributed by atoms with Crippen molar-refractivity contribution in [3.8, 4) is 0 Å². The Balaban J connectivity index is 1.70. The Morgan fingerprint density at radius 3 is 2.26 bits per heavy atom. The zero-order valence-corrected chi connectivity index (χ0v) is 16.2. The van der Waals surface area contributed by atoms with Gasteiger partial charge in [-0.1, -0.05) is 11.6 Å². The Hall–Kier alpha value is -2.16. The first kappa shape index (κ1) is 19.6. The maximum absolute atomic E-state index is 14.4. The lowest BCUT2D eigenvalue weighted by Gasteiger charge is -2.35. The third-order valence-corrected chi connectivity index (χ3v) is 6.46. The molecule has 0 atom stereocenters. The summed E-state index contributed by atoms with van der Waals surface area (Å²) in [6.07, 6.45) is 0. The lowest BCUT2D eigenvalue weighted by Crippen LogP contribution is -2.48. The van der Waals surface area contributed by atoms with Crippen molar-refractivity contribution in [1.82, 2.24) is 4.31 Å². The van der Waals surface area contributed by atoms with E-state index in [1.165, 1.54) is 41.6 Å². The third kappa shape index (κ3) is 4.40. The van der Waals surface area contributed by atoms with Crippen LogP contribution in [0.3, 0.4) is 0 Å². The molecule has 144 valence electrons. The molecule has 1 heterocycles. The number of benzene rings is 2. The Labute approximate surface area is 162 Å². The molecule has 1 aliphatic rings. The van der Waals surface area contributed by atoms with Crippen LogP contribution >= 0.6 is 11.6 Å². The number of nitrogens with zero attached hydrogens (tertiary/aromatic N) is 2. The number of amides is 1. The van der Waals surface area contributed by atoms with Crippen LogP contribution in [0, 0.1) is 5.82 Å². The number of piperazine rings is 1. The van der Waals surface area contributed by atoms with Crippen LogP contribution in [-0.2, 0) is 14.8 Å². The van der Waals surface area contributed by atoms with Crippen LogP contribution in [0.4, 0.5) is 15.8 Å². The first-order valence-corrected chi connectivity index (χ1v) is 10.2. The van der Waals surface area contributed by atoms with E-state index in [9.17, 15) is 17.6 Å². The minimum atomic E-state index is -3.61. The summed E-state index contributed by atoms with van der Waals surface area (Å²) < 4.78 is 41.2. The van der Waals surface area contributed by atoms with Crippen molar-refractivity contribution < 1.29 is 17.6 Å². The smallest absolute Gasteiger partial charge is 0.243 e. The van der Waals surface area contributed by atoms with Crippen LogP contribution in [0.25, 0.3) is 0 Å². The number of halogens is 2. The van der Waals surface area contributed by atoms with Gasteiger partial charge in [-0.25, -0.2) is 12.8 Å². The Morgan fingerprint density at radius 2 is 1.70 bits per heavy atom. The molecular formula is C18H19ClFN3O3S. The molecule has 0 unspecified atom stereocenters. The first-order valence-electron chi connectivity index (χ1n) is 8.35. The number of sulfonamides is 1. The van der Waals surface area contributed by atoms with E-state index < -0.39 is 15.8 Å². The minimum Gasteiger partial charge on any atom is -0.367 e. The van der Waals surface area contributed by atoms with E-state index in [0.29, 0.717) is 29.5 Å². The molecule has 27 heavy (non-hydrogen) atoms. The van der Waals surface area contributed by atoms with E-state index in [0.717, 1.165) is 0 Å². The van der Waals surface area contributed by atoms with Crippen LogP contribution in [0.15, 0.2) is 47.4 Å². The van der Waals surface area contributed by atoms with Crippen LogP contribution in [0.5, 0.6) is 0 Å². The number of anilines is 2. The van der Waals surface area contributed by atoms with Crippen molar-refractivity contribution in [2.75, 3.05) is 36.4 Å². The number of carbonyl (C=O) groups excluding carboxylic acids is 1. The van der Waals surface area contributed by atoms with Gasteiger partial charge in [-0.05, 0) is 42.5 Å². The quantitative estimate of drug-likeness (QED) is 0.839.